The fourth-order valence-corrected chi connectivity index (χ4v) is 6.14. The van der Waals surface area contributed by atoms with Gasteiger partial charge in [-0.2, -0.15) is 4.31 Å². The summed E-state index contributed by atoms with van der Waals surface area (Å²) in [6.07, 6.45) is 0. The summed E-state index contributed by atoms with van der Waals surface area (Å²) < 4.78 is 57.5. The third-order valence-electron chi connectivity index (χ3n) is 4.35. The first kappa shape index (κ1) is 22.9. The quantitative estimate of drug-likeness (QED) is 0.363. The summed E-state index contributed by atoms with van der Waals surface area (Å²) in [5, 5.41) is 1.63. The van der Waals surface area contributed by atoms with Crippen LogP contribution >= 0.6 is 11.3 Å². The van der Waals surface area contributed by atoms with Gasteiger partial charge in [-0.1, -0.05) is 24.3 Å². The van der Waals surface area contributed by atoms with Crippen LogP contribution in [0.4, 0.5) is 5.69 Å². The van der Waals surface area contributed by atoms with Crippen LogP contribution in [-0.2, 0) is 24.8 Å². The molecular formula is C20H20N2O6S3. The van der Waals surface area contributed by atoms with Gasteiger partial charge in [0.05, 0.1) is 10.6 Å². The van der Waals surface area contributed by atoms with E-state index in [2.05, 4.69) is 0 Å². The number of esters is 1. The topological polar surface area (TPSA) is 101 Å². The van der Waals surface area contributed by atoms with Gasteiger partial charge in [-0.15, -0.1) is 11.3 Å². The number of carbonyl (C=O) groups is 1. The van der Waals surface area contributed by atoms with Crippen LogP contribution in [0.25, 0.3) is 0 Å². The normalized spacial score (nSPS) is 12.0. The molecule has 0 N–H and O–H groups in total. The smallest absolute Gasteiger partial charge is 0.326 e. The fraction of sp³-hybridized carbons (Fsp3) is 0.150. The lowest BCUT2D eigenvalue weighted by atomic mass is 10.3. The van der Waals surface area contributed by atoms with Crippen LogP contribution in [0, 0.1) is 0 Å². The summed E-state index contributed by atoms with van der Waals surface area (Å²) in [6, 6.07) is 17.0. The van der Waals surface area contributed by atoms with E-state index < -0.39 is 32.6 Å². The predicted octanol–water partition coefficient (Wildman–Crippen LogP) is 2.80. The van der Waals surface area contributed by atoms with E-state index in [1.807, 2.05) is 0 Å². The zero-order valence-electron chi connectivity index (χ0n) is 16.7. The van der Waals surface area contributed by atoms with Gasteiger partial charge in [0.1, 0.15) is 16.5 Å². The van der Waals surface area contributed by atoms with Crippen LogP contribution in [0.5, 0.6) is 5.75 Å². The molecule has 0 amide bonds. The minimum Gasteiger partial charge on any atom is -0.426 e. The summed E-state index contributed by atoms with van der Waals surface area (Å²) >= 11 is 1.06. The molecule has 1 aromatic heterocycles. The lowest BCUT2D eigenvalue weighted by Crippen LogP contribution is -2.33. The highest BCUT2D eigenvalue weighted by Crippen LogP contribution is 2.25. The number of carbonyl (C=O) groups excluding carboxylic acids is 1. The number of anilines is 1. The van der Waals surface area contributed by atoms with Gasteiger partial charge in [0.15, 0.2) is 0 Å². The molecule has 11 heteroatoms. The van der Waals surface area contributed by atoms with Crippen molar-refractivity contribution in [3.05, 3.63) is 72.1 Å². The van der Waals surface area contributed by atoms with Gasteiger partial charge in [0, 0.05) is 14.1 Å². The lowest BCUT2D eigenvalue weighted by Gasteiger charge is -2.20. The van der Waals surface area contributed by atoms with Crippen molar-refractivity contribution >= 4 is 43.0 Å². The molecule has 2 aromatic carbocycles. The maximum Gasteiger partial charge on any atom is 0.326 e. The molecule has 0 saturated carbocycles. The van der Waals surface area contributed by atoms with E-state index in [9.17, 15) is 21.6 Å². The molecule has 0 atom stereocenters. The third kappa shape index (κ3) is 5.13. The number of likely N-dealkylation sites (N-methyl/N-ethyl adjacent to an activating group) is 1. The first-order chi connectivity index (χ1) is 14.6. The van der Waals surface area contributed by atoms with E-state index in [1.54, 1.807) is 29.6 Å². The van der Waals surface area contributed by atoms with Gasteiger partial charge in [0.2, 0.25) is 0 Å². The maximum atomic E-state index is 12.7. The number of benzene rings is 2. The molecule has 0 bridgehead atoms. The Morgan fingerprint density at radius 2 is 1.52 bits per heavy atom. The molecule has 0 aliphatic carbocycles. The Labute approximate surface area is 185 Å². The minimum absolute atomic E-state index is 0.134. The van der Waals surface area contributed by atoms with Gasteiger partial charge < -0.3 is 4.74 Å². The van der Waals surface area contributed by atoms with Crippen LogP contribution in [0.3, 0.4) is 0 Å². The molecule has 3 aromatic rings. The van der Waals surface area contributed by atoms with Gasteiger partial charge in [0.25, 0.3) is 20.0 Å². The van der Waals surface area contributed by atoms with E-state index in [0.29, 0.717) is 5.69 Å². The van der Waals surface area contributed by atoms with E-state index in [1.165, 1.54) is 56.6 Å². The van der Waals surface area contributed by atoms with Crippen LogP contribution in [-0.4, -0.2) is 47.8 Å². The average Bonchev–Trinajstić information content (AvgIpc) is 3.30. The molecule has 164 valence electrons. The third-order valence-corrected chi connectivity index (χ3v) is 9.32. The maximum absolute atomic E-state index is 12.7. The minimum atomic E-state index is -3.77. The number of thiophene rings is 1. The Balaban J connectivity index is 1.66. The van der Waals surface area contributed by atoms with Gasteiger partial charge in [-0.25, -0.2) is 16.8 Å². The molecule has 3 rings (SSSR count). The zero-order valence-corrected chi connectivity index (χ0v) is 19.2. The number of rotatable bonds is 8. The highest BCUT2D eigenvalue weighted by molar-refractivity contribution is 7.92. The number of nitrogens with zero attached hydrogens (tertiary/aromatic N) is 2. The van der Waals surface area contributed by atoms with E-state index in [-0.39, 0.29) is 14.9 Å². The molecule has 0 spiro atoms. The standard InChI is InChI=1S/C20H20N2O6S3/c1-21(31(26,27)20-9-6-14-29-20)15-19(23)28-17-12-10-16(11-13-17)22(2)30(24,25)18-7-4-3-5-8-18/h3-14H,15H2,1-2H3. The second-order valence-electron chi connectivity index (χ2n) is 6.45. The SMILES string of the molecule is CN(CC(=O)Oc1ccc(N(C)S(=O)(=O)c2ccccc2)cc1)S(=O)(=O)c1cccs1. The van der Waals surface area contributed by atoms with E-state index >= 15 is 0 Å². The highest BCUT2D eigenvalue weighted by atomic mass is 32.2. The van der Waals surface area contributed by atoms with Crippen LogP contribution in [0.15, 0.2) is 81.2 Å². The van der Waals surface area contributed by atoms with Gasteiger partial charge >= 0.3 is 5.97 Å². The highest BCUT2D eigenvalue weighted by Gasteiger charge is 2.25. The van der Waals surface area contributed by atoms with Gasteiger partial charge in [-0.05, 0) is 47.8 Å². The molecule has 0 aliphatic rings. The van der Waals surface area contributed by atoms with Crippen molar-refractivity contribution in [2.24, 2.45) is 0 Å². The van der Waals surface area contributed by atoms with E-state index in [0.717, 1.165) is 19.9 Å². The van der Waals surface area contributed by atoms with Crippen molar-refractivity contribution in [2.75, 3.05) is 24.9 Å². The number of hydrogen-bond acceptors (Lipinski definition) is 7. The first-order valence-electron chi connectivity index (χ1n) is 8.97. The summed E-state index contributed by atoms with van der Waals surface area (Å²) in [7, 11) is -4.78. The molecule has 1 heterocycles. The second kappa shape index (κ2) is 9.18. The largest absolute Gasteiger partial charge is 0.426 e. The summed E-state index contributed by atoms with van der Waals surface area (Å²) in [5.74, 6) is -0.596. The Hall–Kier alpha value is -2.73. The molecule has 0 saturated heterocycles. The Morgan fingerprint density at radius 1 is 0.871 bits per heavy atom. The Kier molecular flexibility index (Phi) is 6.80. The summed E-state index contributed by atoms with van der Waals surface area (Å²) in [5.41, 5.74) is 0.376. The van der Waals surface area contributed by atoms with Crippen molar-refractivity contribution in [3.8, 4) is 5.75 Å². The van der Waals surface area contributed by atoms with Crippen LogP contribution in [0.1, 0.15) is 0 Å². The van der Waals surface area contributed by atoms with Gasteiger partial charge in [-0.3, -0.25) is 9.10 Å². The lowest BCUT2D eigenvalue weighted by molar-refractivity contribution is -0.134. The second-order valence-corrected chi connectivity index (χ2v) is 11.6. The van der Waals surface area contributed by atoms with Crippen molar-refractivity contribution in [1.82, 2.24) is 4.31 Å². The Bertz CT molecular complexity index is 1240. The molecule has 0 radical (unpaired) electrons. The summed E-state index contributed by atoms with van der Waals surface area (Å²) in [6.45, 7) is -0.468. The first-order valence-corrected chi connectivity index (χ1v) is 12.7. The number of ether oxygens (including phenoxy) is 1. The van der Waals surface area contributed by atoms with Crippen molar-refractivity contribution in [2.45, 2.75) is 9.10 Å². The predicted molar refractivity (Wildman–Crippen MR) is 118 cm³/mol. The summed E-state index contributed by atoms with van der Waals surface area (Å²) in [4.78, 5) is 12.3. The zero-order chi connectivity index (χ0) is 22.6. The molecule has 8 nitrogen and oxygen atoms in total. The number of sulfonamides is 2. The number of hydrogen-bond donors (Lipinski definition) is 0. The molecule has 0 fully saturated rings. The molecule has 0 aliphatic heterocycles. The van der Waals surface area contributed by atoms with Crippen molar-refractivity contribution in [3.63, 3.8) is 0 Å². The van der Waals surface area contributed by atoms with Crippen LogP contribution in [0.2, 0.25) is 0 Å². The van der Waals surface area contributed by atoms with Crippen molar-refractivity contribution in [1.29, 1.82) is 0 Å². The monoisotopic (exact) mass is 480 g/mol. The molecular weight excluding hydrogens is 460 g/mol. The average molecular weight is 481 g/mol. The molecule has 31 heavy (non-hydrogen) atoms. The van der Waals surface area contributed by atoms with Crippen LogP contribution < -0.4 is 9.04 Å². The Morgan fingerprint density at radius 3 is 2.10 bits per heavy atom. The fourth-order valence-electron chi connectivity index (χ4n) is 2.61. The van der Waals surface area contributed by atoms with E-state index in [4.69, 9.17) is 4.74 Å². The van der Waals surface area contributed by atoms with Crippen molar-refractivity contribution < 1.29 is 26.4 Å². The molecule has 0 unspecified atom stereocenters.